The van der Waals surface area contributed by atoms with Crippen molar-refractivity contribution in [2.75, 3.05) is 6.61 Å². The molecule has 0 unspecified atom stereocenters. The van der Waals surface area contributed by atoms with Gasteiger partial charge in [0.25, 0.3) is 0 Å². The quantitative estimate of drug-likeness (QED) is 0.583. The molecule has 0 aliphatic rings. The van der Waals surface area contributed by atoms with Crippen molar-refractivity contribution in [2.45, 2.75) is 13.3 Å². The van der Waals surface area contributed by atoms with E-state index >= 15 is 0 Å². The Hall–Kier alpha value is 0.0200. The van der Waals surface area contributed by atoms with E-state index in [1.807, 2.05) is 0 Å². The number of halogens is 1. The molecule has 0 atom stereocenters. The van der Waals surface area contributed by atoms with Crippen LogP contribution in [0.1, 0.15) is 13.3 Å². The largest absolute Gasteiger partial charge is 0.487 e. The van der Waals surface area contributed by atoms with Crippen LogP contribution in [0.25, 0.3) is 0 Å². The summed E-state index contributed by atoms with van der Waals surface area (Å²) in [5, 5.41) is 0. The van der Waals surface area contributed by atoms with Gasteiger partial charge in [0, 0.05) is 0 Å². The zero-order valence-electron chi connectivity index (χ0n) is 4.41. The van der Waals surface area contributed by atoms with E-state index in [0.717, 1.165) is 13.0 Å². The van der Waals surface area contributed by atoms with Gasteiger partial charge in [-0.1, -0.05) is 6.92 Å². The first kappa shape index (κ1) is 7.02. The predicted molar refractivity (Wildman–Crippen MR) is 34.3 cm³/mol. The van der Waals surface area contributed by atoms with E-state index in [9.17, 15) is 0 Å². The smallest absolute Gasteiger partial charge is 0.154 e. The van der Waals surface area contributed by atoms with Crippen LogP contribution in [0.2, 0.25) is 0 Å². The average Bonchev–Trinajstić information content (AvgIpc) is 1.61. The van der Waals surface area contributed by atoms with Gasteiger partial charge in [-0.15, -0.1) is 0 Å². The van der Waals surface area contributed by atoms with E-state index in [0.29, 0.717) is 4.67 Å². The van der Waals surface area contributed by atoms with Gasteiger partial charge in [-0.05, 0) is 28.9 Å². The van der Waals surface area contributed by atoms with Gasteiger partial charge in [0.2, 0.25) is 0 Å². The highest BCUT2D eigenvalue weighted by atomic mass is 79.9. The highest BCUT2D eigenvalue weighted by Gasteiger charge is 1.80. The molecule has 0 heterocycles. The van der Waals surface area contributed by atoms with Gasteiger partial charge in [-0.3, -0.25) is 0 Å². The summed E-state index contributed by atoms with van der Waals surface area (Å²) in [5.74, 6) is 0. The molecular weight excluding hydrogens is 156 g/mol. The van der Waals surface area contributed by atoms with Gasteiger partial charge >= 0.3 is 0 Å². The SMILES string of the molecule is C=C(Br)OCCC. The second kappa shape index (κ2) is 4.19. The summed E-state index contributed by atoms with van der Waals surface area (Å²) in [7, 11) is 0. The van der Waals surface area contributed by atoms with Gasteiger partial charge in [-0.2, -0.15) is 0 Å². The van der Waals surface area contributed by atoms with Crippen molar-refractivity contribution in [2.24, 2.45) is 0 Å². The second-order valence-corrected chi connectivity index (χ2v) is 2.09. The molecule has 0 aliphatic heterocycles. The van der Waals surface area contributed by atoms with Crippen LogP contribution in [0.3, 0.4) is 0 Å². The number of hydrogen-bond donors (Lipinski definition) is 0. The molecule has 0 aromatic heterocycles. The molecular formula is C5H9BrO. The standard InChI is InChI=1S/C5H9BrO/c1-3-4-7-5(2)6/h2-4H2,1H3. The van der Waals surface area contributed by atoms with Crippen molar-refractivity contribution in [1.29, 1.82) is 0 Å². The summed E-state index contributed by atoms with van der Waals surface area (Å²) in [6.45, 7) is 6.29. The summed E-state index contributed by atoms with van der Waals surface area (Å²) in [6, 6.07) is 0. The minimum Gasteiger partial charge on any atom is -0.487 e. The molecule has 0 amide bonds. The van der Waals surface area contributed by atoms with E-state index in [1.165, 1.54) is 0 Å². The molecule has 0 radical (unpaired) electrons. The Morgan fingerprint density at radius 2 is 2.43 bits per heavy atom. The zero-order valence-corrected chi connectivity index (χ0v) is 5.99. The number of hydrogen-bond acceptors (Lipinski definition) is 1. The summed E-state index contributed by atoms with van der Waals surface area (Å²) < 4.78 is 5.53. The van der Waals surface area contributed by atoms with Crippen LogP contribution in [0.4, 0.5) is 0 Å². The van der Waals surface area contributed by atoms with E-state index in [1.54, 1.807) is 0 Å². The summed E-state index contributed by atoms with van der Waals surface area (Å²) in [6.07, 6.45) is 1.03. The second-order valence-electron chi connectivity index (χ2n) is 1.20. The fourth-order valence-corrected chi connectivity index (χ4v) is 0.375. The Morgan fingerprint density at radius 3 is 2.57 bits per heavy atom. The lowest BCUT2D eigenvalue weighted by molar-refractivity contribution is 0.243. The minimum absolute atomic E-state index is 0.620. The van der Waals surface area contributed by atoms with Crippen molar-refractivity contribution in [1.82, 2.24) is 0 Å². The molecule has 0 fully saturated rings. The first-order valence-electron chi connectivity index (χ1n) is 2.24. The number of ether oxygens (including phenoxy) is 1. The predicted octanol–water partition coefficient (Wildman–Crippen LogP) is 2.28. The maximum Gasteiger partial charge on any atom is 0.154 e. The molecule has 0 aromatic rings. The van der Waals surface area contributed by atoms with Gasteiger partial charge < -0.3 is 4.74 Å². The molecule has 1 nitrogen and oxygen atoms in total. The molecule has 0 spiro atoms. The Bertz CT molecular complexity index is 61.1. The average molecular weight is 165 g/mol. The van der Waals surface area contributed by atoms with Crippen LogP contribution in [0, 0.1) is 0 Å². The van der Waals surface area contributed by atoms with E-state index in [-0.39, 0.29) is 0 Å². The third-order valence-electron chi connectivity index (χ3n) is 0.463. The van der Waals surface area contributed by atoms with Crippen LogP contribution >= 0.6 is 15.9 Å². The molecule has 0 rings (SSSR count). The van der Waals surface area contributed by atoms with Crippen LogP contribution < -0.4 is 0 Å². The Balaban J connectivity index is 2.82. The van der Waals surface area contributed by atoms with Crippen LogP contribution in [-0.4, -0.2) is 6.61 Å². The van der Waals surface area contributed by atoms with Crippen LogP contribution in [0.15, 0.2) is 11.2 Å². The molecule has 0 bridgehead atoms. The van der Waals surface area contributed by atoms with Crippen molar-refractivity contribution >= 4 is 15.9 Å². The third-order valence-corrected chi connectivity index (χ3v) is 0.692. The van der Waals surface area contributed by atoms with Gasteiger partial charge in [0.15, 0.2) is 4.67 Å². The van der Waals surface area contributed by atoms with Crippen molar-refractivity contribution in [3.63, 3.8) is 0 Å². The van der Waals surface area contributed by atoms with E-state index in [4.69, 9.17) is 4.74 Å². The molecule has 0 saturated carbocycles. The summed E-state index contributed by atoms with van der Waals surface area (Å²) >= 11 is 3.06. The molecule has 0 N–H and O–H groups in total. The van der Waals surface area contributed by atoms with E-state index in [2.05, 4.69) is 29.4 Å². The Kier molecular flexibility index (Phi) is 4.20. The summed E-state index contributed by atoms with van der Waals surface area (Å²) in [4.78, 5) is 0. The van der Waals surface area contributed by atoms with Crippen LogP contribution in [-0.2, 0) is 4.74 Å². The minimum atomic E-state index is 0.620. The lowest BCUT2D eigenvalue weighted by Crippen LogP contribution is -1.84. The fourth-order valence-electron chi connectivity index (χ4n) is 0.213. The first-order chi connectivity index (χ1) is 3.27. The van der Waals surface area contributed by atoms with E-state index < -0.39 is 0 Å². The van der Waals surface area contributed by atoms with Crippen LogP contribution in [0.5, 0.6) is 0 Å². The van der Waals surface area contributed by atoms with Gasteiger partial charge in [0.05, 0.1) is 6.61 Å². The van der Waals surface area contributed by atoms with Crippen molar-refractivity contribution in [3.05, 3.63) is 11.2 Å². The molecule has 7 heavy (non-hydrogen) atoms. The molecule has 0 aliphatic carbocycles. The molecule has 0 saturated heterocycles. The lowest BCUT2D eigenvalue weighted by atomic mass is 10.5. The van der Waals surface area contributed by atoms with Crippen molar-refractivity contribution in [3.8, 4) is 0 Å². The van der Waals surface area contributed by atoms with Gasteiger partial charge in [-0.25, -0.2) is 0 Å². The monoisotopic (exact) mass is 164 g/mol. The Morgan fingerprint density at radius 1 is 1.86 bits per heavy atom. The maximum atomic E-state index is 4.91. The fraction of sp³-hybridized carbons (Fsp3) is 0.600. The zero-order chi connectivity index (χ0) is 5.70. The normalized spacial score (nSPS) is 8.29. The third kappa shape index (κ3) is 6.02. The summed E-state index contributed by atoms with van der Waals surface area (Å²) in [5.41, 5.74) is 0. The van der Waals surface area contributed by atoms with Crippen molar-refractivity contribution < 1.29 is 4.74 Å². The Labute approximate surface area is 52.5 Å². The van der Waals surface area contributed by atoms with Gasteiger partial charge in [0.1, 0.15) is 0 Å². The highest BCUT2D eigenvalue weighted by Crippen LogP contribution is 2.01. The lowest BCUT2D eigenvalue weighted by Gasteiger charge is -1.97. The topological polar surface area (TPSA) is 9.23 Å². The molecule has 0 aromatic carbocycles. The highest BCUT2D eigenvalue weighted by molar-refractivity contribution is 9.11. The molecule has 42 valence electrons. The molecule has 2 heteroatoms. The first-order valence-corrected chi connectivity index (χ1v) is 3.04. The maximum absolute atomic E-state index is 4.91. The number of rotatable bonds is 3.